The summed E-state index contributed by atoms with van der Waals surface area (Å²) in [6, 6.07) is 10.8. The van der Waals surface area contributed by atoms with E-state index in [0.717, 1.165) is 17.7 Å². The third-order valence-electron chi connectivity index (χ3n) is 5.77. The van der Waals surface area contributed by atoms with Gasteiger partial charge in [-0.25, -0.2) is 4.98 Å². The summed E-state index contributed by atoms with van der Waals surface area (Å²) < 4.78 is 45.1. The highest BCUT2D eigenvalue weighted by Gasteiger charge is 2.45. The number of pyridine rings is 1. The Morgan fingerprint density at radius 3 is 2.26 bits per heavy atom. The van der Waals surface area contributed by atoms with Gasteiger partial charge in [-0.05, 0) is 37.0 Å². The molecular formula is C23H20F3NO4. The predicted molar refractivity (Wildman–Crippen MR) is 105 cm³/mol. The van der Waals surface area contributed by atoms with E-state index in [-0.39, 0.29) is 41.9 Å². The van der Waals surface area contributed by atoms with Gasteiger partial charge in [0, 0.05) is 17.4 Å². The standard InChI is InChI=1S/C23H20F3NO4/c24-23(25,26)18-9-8-16(17(27-18)12-31-11-13-4-2-1-3-5-13)22(30)19-20(28)14-6-7-15(10-14)21(19)29/h1-5,8-9,14-15,30H,6-7,10-12H2. The molecule has 2 aromatic rings. The molecule has 1 aromatic carbocycles. The molecule has 0 spiro atoms. The van der Waals surface area contributed by atoms with Gasteiger partial charge in [-0.3, -0.25) is 9.59 Å². The van der Waals surface area contributed by atoms with Crippen molar-refractivity contribution in [3.8, 4) is 0 Å². The minimum Gasteiger partial charge on any atom is -0.506 e. The number of allylic oxidation sites excluding steroid dienone is 1. The first-order valence-electron chi connectivity index (χ1n) is 9.96. The molecule has 1 aromatic heterocycles. The Labute approximate surface area is 176 Å². The number of hydrogen-bond donors (Lipinski definition) is 1. The highest BCUT2D eigenvalue weighted by molar-refractivity contribution is 6.27. The number of Topliss-reactive ketones (excluding diaryl/α,β-unsaturated/α-hetero) is 2. The van der Waals surface area contributed by atoms with Crippen LogP contribution in [0.5, 0.6) is 0 Å². The number of hydrogen-bond acceptors (Lipinski definition) is 5. The molecule has 2 fully saturated rings. The lowest BCUT2D eigenvalue weighted by Gasteiger charge is -2.21. The highest BCUT2D eigenvalue weighted by atomic mass is 19.4. The van der Waals surface area contributed by atoms with E-state index in [1.807, 2.05) is 6.07 Å². The number of carbonyl (C=O) groups excluding carboxylic acids is 2. The molecule has 0 saturated heterocycles. The van der Waals surface area contributed by atoms with Gasteiger partial charge in [0.2, 0.25) is 0 Å². The maximum absolute atomic E-state index is 13.2. The second kappa shape index (κ2) is 8.26. The largest absolute Gasteiger partial charge is 0.506 e. The summed E-state index contributed by atoms with van der Waals surface area (Å²) >= 11 is 0. The number of aliphatic hydroxyl groups is 1. The zero-order valence-corrected chi connectivity index (χ0v) is 16.5. The second-order valence-electron chi connectivity index (χ2n) is 7.83. The van der Waals surface area contributed by atoms with Crippen LogP contribution in [0.25, 0.3) is 5.76 Å². The molecule has 2 aliphatic rings. The van der Waals surface area contributed by atoms with Gasteiger partial charge in [0.1, 0.15) is 17.0 Å². The van der Waals surface area contributed by atoms with E-state index in [1.54, 1.807) is 24.3 Å². The van der Waals surface area contributed by atoms with Gasteiger partial charge in [0.05, 0.1) is 18.9 Å². The predicted octanol–water partition coefficient (Wildman–Crippen LogP) is 4.65. The molecule has 0 radical (unpaired) electrons. The Balaban J connectivity index is 1.69. The first-order valence-corrected chi connectivity index (χ1v) is 9.96. The highest BCUT2D eigenvalue weighted by Crippen LogP contribution is 2.42. The molecule has 2 unspecified atom stereocenters. The molecular weight excluding hydrogens is 411 g/mol. The summed E-state index contributed by atoms with van der Waals surface area (Å²) in [4.78, 5) is 29.0. The van der Waals surface area contributed by atoms with Crippen LogP contribution in [0.4, 0.5) is 13.2 Å². The first-order chi connectivity index (χ1) is 14.8. The van der Waals surface area contributed by atoms with Crippen LogP contribution in [0.2, 0.25) is 0 Å². The molecule has 31 heavy (non-hydrogen) atoms. The molecule has 0 aliphatic heterocycles. The number of ether oxygens (including phenoxy) is 1. The lowest BCUT2D eigenvalue weighted by molar-refractivity contribution is -0.141. The molecule has 2 atom stereocenters. The smallest absolute Gasteiger partial charge is 0.433 e. The van der Waals surface area contributed by atoms with Crippen LogP contribution in [0.15, 0.2) is 48.0 Å². The van der Waals surface area contributed by atoms with Crippen molar-refractivity contribution in [2.75, 3.05) is 0 Å². The van der Waals surface area contributed by atoms with Crippen LogP contribution < -0.4 is 0 Å². The first kappa shape index (κ1) is 21.2. The van der Waals surface area contributed by atoms with E-state index >= 15 is 0 Å². The number of nitrogens with zero attached hydrogens (tertiary/aromatic N) is 1. The van der Waals surface area contributed by atoms with Gasteiger partial charge in [0.25, 0.3) is 0 Å². The summed E-state index contributed by atoms with van der Waals surface area (Å²) in [6.07, 6.45) is -3.08. The Morgan fingerprint density at radius 2 is 1.65 bits per heavy atom. The van der Waals surface area contributed by atoms with Crippen molar-refractivity contribution in [2.45, 2.75) is 38.7 Å². The molecule has 2 bridgehead atoms. The normalized spacial score (nSPS) is 20.9. The van der Waals surface area contributed by atoms with Gasteiger partial charge in [0.15, 0.2) is 11.6 Å². The zero-order valence-electron chi connectivity index (χ0n) is 16.5. The van der Waals surface area contributed by atoms with Crippen LogP contribution in [0.1, 0.15) is 41.8 Å². The van der Waals surface area contributed by atoms with Crippen molar-refractivity contribution in [3.63, 3.8) is 0 Å². The van der Waals surface area contributed by atoms with E-state index in [9.17, 15) is 27.9 Å². The number of fused-ring (bicyclic) bond motifs is 2. The SMILES string of the molecule is O=C1C(=C(O)c2ccc(C(F)(F)F)nc2COCc2ccccc2)C(=O)C2CCC1C2. The minimum absolute atomic E-state index is 0.0981. The average Bonchev–Trinajstić information content (AvgIpc) is 3.20. The number of rotatable bonds is 5. The van der Waals surface area contributed by atoms with Crippen molar-refractivity contribution < 1.29 is 32.6 Å². The summed E-state index contributed by atoms with van der Waals surface area (Å²) in [5, 5.41) is 10.8. The molecule has 162 valence electrons. The quantitative estimate of drug-likeness (QED) is 0.424. The van der Waals surface area contributed by atoms with E-state index in [2.05, 4.69) is 4.98 Å². The maximum atomic E-state index is 13.2. The Morgan fingerprint density at radius 1 is 1.00 bits per heavy atom. The van der Waals surface area contributed by atoms with E-state index < -0.39 is 29.2 Å². The fourth-order valence-corrected chi connectivity index (χ4v) is 4.18. The summed E-state index contributed by atoms with van der Waals surface area (Å²) in [6.45, 7) is -0.210. The number of ketones is 2. The fraction of sp³-hybridized carbons (Fsp3) is 0.348. The van der Waals surface area contributed by atoms with Gasteiger partial charge in [-0.1, -0.05) is 30.3 Å². The van der Waals surface area contributed by atoms with E-state index in [1.165, 1.54) is 0 Å². The fourth-order valence-electron chi connectivity index (χ4n) is 4.18. The second-order valence-corrected chi connectivity index (χ2v) is 7.83. The van der Waals surface area contributed by atoms with Crippen molar-refractivity contribution in [2.24, 2.45) is 11.8 Å². The number of alkyl halides is 3. The van der Waals surface area contributed by atoms with Gasteiger partial charge >= 0.3 is 6.18 Å². The lowest BCUT2D eigenvalue weighted by Crippen LogP contribution is -2.30. The van der Waals surface area contributed by atoms with Gasteiger partial charge in [-0.2, -0.15) is 13.2 Å². The third-order valence-corrected chi connectivity index (χ3v) is 5.77. The molecule has 2 saturated carbocycles. The maximum Gasteiger partial charge on any atom is 0.433 e. The van der Waals surface area contributed by atoms with Gasteiger partial charge < -0.3 is 9.84 Å². The Kier molecular flexibility index (Phi) is 5.66. The molecule has 4 rings (SSSR count). The van der Waals surface area contributed by atoms with Crippen molar-refractivity contribution in [1.82, 2.24) is 4.98 Å². The lowest BCUT2D eigenvalue weighted by atomic mass is 9.81. The van der Waals surface area contributed by atoms with Crippen LogP contribution in [-0.2, 0) is 33.7 Å². The molecule has 8 heteroatoms. The minimum atomic E-state index is -4.69. The molecule has 2 aliphatic carbocycles. The summed E-state index contributed by atoms with van der Waals surface area (Å²) in [5.41, 5.74) is -0.945. The Hall–Kier alpha value is -3.00. The number of halogens is 3. The van der Waals surface area contributed by atoms with E-state index in [4.69, 9.17) is 4.74 Å². The molecule has 1 heterocycles. The summed E-state index contributed by atoms with van der Waals surface area (Å²) in [7, 11) is 0. The number of aliphatic hydroxyl groups excluding tert-OH is 1. The van der Waals surface area contributed by atoms with Crippen molar-refractivity contribution >= 4 is 17.3 Å². The average molecular weight is 431 g/mol. The van der Waals surface area contributed by atoms with Crippen LogP contribution >= 0.6 is 0 Å². The van der Waals surface area contributed by atoms with Crippen molar-refractivity contribution in [1.29, 1.82) is 0 Å². The van der Waals surface area contributed by atoms with Gasteiger partial charge in [-0.15, -0.1) is 0 Å². The van der Waals surface area contributed by atoms with Crippen LogP contribution in [0, 0.1) is 11.8 Å². The molecule has 0 amide bonds. The zero-order chi connectivity index (χ0) is 22.2. The Bertz CT molecular complexity index is 1020. The third kappa shape index (κ3) is 4.25. The van der Waals surface area contributed by atoms with E-state index in [0.29, 0.717) is 19.3 Å². The monoisotopic (exact) mass is 431 g/mol. The number of carbonyl (C=O) groups is 2. The molecule has 5 nitrogen and oxygen atoms in total. The van der Waals surface area contributed by atoms with Crippen LogP contribution in [-0.4, -0.2) is 21.7 Å². The number of aromatic nitrogens is 1. The summed E-state index contributed by atoms with van der Waals surface area (Å²) in [5.74, 6) is -2.19. The van der Waals surface area contributed by atoms with Crippen LogP contribution in [0.3, 0.4) is 0 Å². The molecule has 1 N–H and O–H groups in total. The number of benzene rings is 1. The van der Waals surface area contributed by atoms with Crippen molar-refractivity contribution in [3.05, 3.63) is 70.6 Å². The topological polar surface area (TPSA) is 76.5 Å².